The molecule has 2 rings (SSSR count). The second kappa shape index (κ2) is 7.65. The third-order valence-electron chi connectivity index (χ3n) is 3.50. The van der Waals surface area contributed by atoms with E-state index in [-0.39, 0.29) is 37.2 Å². The number of ether oxygens (including phenoxy) is 1. The summed E-state index contributed by atoms with van der Waals surface area (Å²) in [6.07, 6.45) is -3.51. The molecule has 0 aliphatic carbocycles. The summed E-state index contributed by atoms with van der Waals surface area (Å²) in [6.45, 7) is 5.19. The van der Waals surface area contributed by atoms with Gasteiger partial charge in [0.25, 0.3) is 0 Å². The standard InChI is InChI=1S/C14H20F3N5O2/c1-9-8-24-10(2)7-22(9)13(23)20-6-5-19-12-18-4-3-11(21-12)14(15,16)17/h3-4,9-10H,5-8H2,1-2H3,(H,20,23)(H,18,19,21)/t9-,10+/m0/s1. The van der Waals surface area contributed by atoms with Crippen LogP contribution in [0.1, 0.15) is 19.5 Å². The molecule has 1 aromatic heterocycles. The minimum Gasteiger partial charge on any atom is -0.375 e. The Labute approximate surface area is 137 Å². The van der Waals surface area contributed by atoms with Gasteiger partial charge in [-0.3, -0.25) is 0 Å². The molecule has 2 N–H and O–H groups in total. The Morgan fingerprint density at radius 2 is 2.17 bits per heavy atom. The number of nitrogens with one attached hydrogen (secondary N) is 2. The van der Waals surface area contributed by atoms with Gasteiger partial charge in [-0.25, -0.2) is 14.8 Å². The van der Waals surface area contributed by atoms with Gasteiger partial charge in [-0.05, 0) is 19.9 Å². The lowest BCUT2D eigenvalue weighted by Crippen LogP contribution is -2.54. The van der Waals surface area contributed by atoms with Crippen molar-refractivity contribution in [2.24, 2.45) is 0 Å². The van der Waals surface area contributed by atoms with Crippen molar-refractivity contribution in [1.82, 2.24) is 20.2 Å². The largest absolute Gasteiger partial charge is 0.433 e. The summed E-state index contributed by atoms with van der Waals surface area (Å²) in [4.78, 5) is 20.9. The smallest absolute Gasteiger partial charge is 0.375 e. The van der Waals surface area contributed by atoms with Crippen molar-refractivity contribution in [1.29, 1.82) is 0 Å². The van der Waals surface area contributed by atoms with Gasteiger partial charge in [0, 0.05) is 25.8 Å². The highest BCUT2D eigenvalue weighted by atomic mass is 19.4. The van der Waals surface area contributed by atoms with Crippen molar-refractivity contribution in [2.45, 2.75) is 32.2 Å². The number of alkyl halides is 3. The molecular weight excluding hydrogens is 327 g/mol. The van der Waals surface area contributed by atoms with Crippen LogP contribution in [0.4, 0.5) is 23.9 Å². The summed E-state index contributed by atoms with van der Waals surface area (Å²) >= 11 is 0. The van der Waals surface area contributed by atoms with Gasteiger partial charge in [-0.15, -0.1) is 0 Å². The Bertz CT molecular complexity index is 570. The Kier molecular flexibility index (Phi) is 5.81. The second-order valence-electron chi connectivity index (χ2n) is 5.57. The van der Waals surface area contributed by atoms with Gasteiger partial charge in [0.15, 0.2) is 0 Å². The van der Waals surface area contributed by atoms with E-state index in [1.807, 2.05) is 13.8 Å². The summed E-state index contributed by atoms with van der Waals surface area (Å²) < 4.78 is 43.1. The molecule has 134 valence electrons. The van der Waals surface area contributed by atoms with E-state index in [1.165, 1.54) is 0 Å². The molecule has 0 unspecified atom stereocenters. The van der Waals surface area contributed by atoms with Gasteiger partial charge in [0.05, 0.1) is 18.8 Å². The number of carbonyl (C=O) groups is 1. The van der Waals surface area contributed by atoms with E-state index in [1.54, 1.807) is 4.90 Å². The molecule has 0 aromatic carbocycles. The minimum atomic E-state index is -4.52. The Hall–Kier alpha value is -2.10. The Morgan fingerprint density at radius 3 is 2.88 bits per heavy atom. The number of rotatable bonds is 4. The number of nitrogens with zero attached hydrogens (tertiary/aromatic N) is 3. The molecule has 1 fully saturated rings. The van der Waals surface area contributed by atoms with Gasteiger partial charge in [0.2, 0.25) is 5.95 Å². The minimum absolute atomic E-state index is 0.0245. The molecule has 1 aromatic rings. The zero-order chi connectivity index (χ0) is 17.7. The molecule has 1 aliphatic rings. The van der Waals surface area contributed by atoms with Crippen LogP contribution in [0.3, 0.4) is 0 Å². The molecule has 0 bridgehead atoms. The number of carbonyl (C=O) groups excluding carboxylic acids is 1. The molecule has 2 heterocycles. The fourth-order valence-corrected chi connectivity index (χ4v) is 2.23. The Morgan fingerprint density at radius 1 is 1.42 bits per heavy atom. The highest BCUT2D eigenvalue weighted by molar-refractivity contribution is 5.74. The number of amides is 2. The fourth-order valence-electron chi connectivity index (χ4n) is 2.23. The molecule has 10 heteroatoms. The van der Waals surface area contributed by atoms with Gasteiger partial charge in [0.1, 0.15) is 5.69 Å². The molecule has 2 atom stereocenters. The normalized spacial score (nSPS) is 21.5. The maximum absolute atomic E-state index is 12.5. The number of halogens is 3. The monoisotopic (exact) mass is 347 g/mol. The van der Waals surface area contributed by atoms with E-state index in [0.717, 1.165) is 12.3 Å². The topological polar surface area (TPSA) is 79.4 Å². The SMILES string of the molecule is C[C@@H]1CN(C(=O)NCCNc2nccc(C(F)(F)F)n2)[C@@H](C)CO1. The predicted molar refractivity (Wildman–Crippen MR) is 80.5 cm³/mol. The number of urea groups is 1. The highest BCUT2D eigenvalue weighted by Crippen LogP contribution is 2.27. The third-order valence-corrected chi connectivity index (χ3v) is 3.50. The zero-order valence-corrected chi connectivity index (χ0v) is 13.4. The van der Waals surface area contributed by atoms with E-state index >= 15 is 0 Å². The van der Waals surface area contributed by atoms with E-state index in [2.05, 4.69) is 20.6 Å². The molecule has 1 aliphatic heterocycles. The summed E-state index contributed by atoms with van der Waals surface area (Å²) in [5, 5.41) is 5.36. The lowest BCUT2D eigenvalue weighted by Gasteiger charge is -2.36. The summed E-state index contributed by atoms with van der Waals surface area (Å²) in [6, 6.07) is 0.541. The van der Waals surface area contributed by atoms with Gasteiger partial charge in [-0.1, -0.05) is 0 Å². The van der Waals surface area contributed by atoms with Gasteiger partial charge >= 0.3 is 12.2 Å². The van der Waals surface area contributed by atoms with E-state index in [9.17, 15) is 18.0 Å². The van der Waals surface area contributed by atoms with E-state index in [4.69, 9.17) is 4.74 Å². The van der Waals surface area contributed by atoms with Crippen molar-refractivity contribution >= 4 is 12.0 Å². The summed E-state index contributed by atoms with van der Waals surface area (Å²) in [7, 11) is 0. The first-order chi connectivity index (χ1) is 11.3. The van der Waals surface area contributed by atoms with Crippen molar-refractivity contribution < 1.29 is 22.7 Å². The number of hydrogen-bond acceptors (Lipinski definition) is 5. The number of anilines is 1. The molecule has 24 heavy (non-hydrogen) atoms. The van der Waals surface area contributed by atoms with Crippen LogP contribution >= 0.6 is 0 Å². The number of morpholine rings is 1. The van der Waals surface area contributed by atoms with Crippen LogP contribution in [-0.2, 0) is 10.9 Å². The van der Waals surface area contributed by atoms with E-state index in [0.29, 0.717) is 13.2 Å². The van der Waals surface area contributed by atoms with Crippen LogP contribution in [-0.4, -0.2) is 59.3 Å². The Balaban J connectivity index is 1.77. The first kappa shape index (κ1) is 18.2. The first-order valence-corrected chi connectivity index (χ1v) is 7.57. The fraction of sp³-hybridized carbons (Fsp3) is 0.643. The van der Waals surface area contributed by atoms with Crippen LogP contribution < -0.4 is 10.6 Å². The summed E-state index contributed by atoms with van der Waals surface area (Å²) in [5.41, 5.74) is -1.01. The lowest BCUT2D eigenvalue weighted by atomic mass is 10.2. The lowest BCUT2D eigenvalue weighted by molar-refractivity contribution is -0.141. The molecule has 0 saturated carbocycles. The first-order valence-electron chi connectivity index (χ1n) is 7.57. The second-order valence-corrected chi connectivity index (χ2v) is 5.57. The van der Waals surface area contributed by atoms with Crippen molar-refractivity contribution in [2.75, 3.05) is 31.6 Å². The maximum atomic E-state index is 12.5. The maximum Gasteiger partial charge on any atom is 0.433 e. The summed E-state index contributed by atoms with van der Waals surface area (Å²) in [5.74, 6) is -0.132. The van der Waals surface area contributed by atoms with Crippen molar-refractivity contribution in [3.8, 4) is 0 Å². The third kappa shape index (κ3) is 4.95. The van der Waals surface area contributed by atoms with Gasteiger partial charge in [-0.2, -0.15) is 13.2 Å². The average Bonchev–Trinajstić information content (AvgIpc) is 2.53. The van der Waals surface area contributed by atoms with Crippen LogP contribution in [0.15, 0.2) is 12.3 Å². The zero-order valence-electron chi connectivity index (χ0n) is 13.4. The molecule has 0 spiro atoms. The van der Waals surface area contributed by atoms with Crippen LogP contribution in [0, 0.1) is 0 Å². The molecule has 7 nitrogen and oxygen atoms in total. The van der Waals surface area contributed by atoms with Crippen molar-refractivity contribution in [3.63, 3.8) is 0 Å². The number of aromatic nitrogens is 2. The average molecular weight is 347 g/mol. The van der Waals surface area contributed by atoms with Crippen molar-refractivity contribution in [3.05, 3.63) is 18.0 Å². The predicted octanol–water partition coefficient (Wildman–Crippen LogP) is 1.73. The molecular formula is C14H20F3N5O2. The quantitative estimate of drug-likeness (QED) is 0.811. The van der Waals surface area contributed by atoms with Crippen LogP contribution in [0.2, 0.25) is 0 Å². The van der Waals surface area contributed by atoms with Crippen LogP contribution in [0.25, 0.3) is 0 Å². The number of hydrogen-bond donors (Lipinski definition) is 2. The van der Waals surface area contributed by atoms with E-state index < -0.39 is 11.9 Å². The molecule has 2 amide bonds. The molecule has 1 saturated heterocycles. The van der Waals surface area contributed by atoms with Crippen LogP contribution in [0.5, 0.6) is 0 Å². The highest BCUT2D eigenvalue weighted by Gasteiger charge is 2.32. The van der Waals surface area contributed by atoms with Gasteiger partial charge < -0.3 is 20.3 Å². The molecule has 0 radical (unpaired) electrons.